The van der Waals surface area contributed by atoms with Crippen LogP contribution in [0.4, 0.5) is 0 Å². The van der Waals surface area contributed by atoms with Crippen molar-refractivity contribution in [2.45, 2.75) is 76.2 Å². The lowest BCUT2D eigenvalue weighted by Gasteiger charge is -2.46. The third-order valence-corrected chi connectivity index (χ3v) is 7.79. The first-order chi connectivity index (χ1) is 21.8. The van der Waals surface area contributed by atoms with Crippen molar-refractivity contribution in [3.05, 3.63) is 144 Å². The second kappa shape index (κ2) is 17.6. The van der Waals surface area contributed by atoms with Crippen LogP contribution >= 0.6 is 0 Å². The fourth-order valence-electron chi connectivity index (χ4n) is 5.52. The van der Waals surface area contributed by atoms with Gasteiger partial charge in [-0.05, 0) is 35.1 Å². The van der Waals surface area contributed by atoms with Crippen molar-refractivity contribution in [1.82, 2.24) is 0 Å². The number of unbranched alkanes of at least 4 members (excludes halogenated alkanes) is 1. The van der Waals surface area contributed by atoms with Crippen LogP contribution in [0.15, 0.2) is 121 Å². The van der Waals surface area contributed by atoms with E-state index in [0.29, 0.717) is 52.3 Å². The average molecular weight is 595 g/mol. The number of benzene rings is 4. The molecule has 4 aromatic rings. The number of ether oxygens (including phenoxy) is 5. The molecule has 1 saturated heterocycles. The smallest absolute Gasteiger partial charge is 0.119 e. The topological polar surface area (TPSA) is 63.2 Å². The molecule has 0 bridgehead atoms. The van der Waals surface area contributed by atoms with Crippen molar-refractivity contribution >= 4 is 6.29 Å². The minimum absolute atomic E-state index is 0.304. The van der Waals surface area contributed by atoms with Gasteiger partial charge in [0.25, 0.3) is 0 Å². The summed E-state index contributed by atoms with van der Waals surface area (Å²) in [6, 6.07) is 40.5. The van der Waals surface area contributed by atoms with E-state index in [0.717, 1.165) is 28.5 Å². The maximum Gasteiger partial charge on any atom is 0.119 e. The lowest BCUT2D eigenvalue weighted by molar-refractivity contribution is -0.273. The van der Waals surface area contributed by atoms with E-state index in [1.165, 1.54) is 0 Å². The van der Waals surface area contributed by atoms with Crippen LogP contribution in [-0.4, -0.2) is 43.4 Å². The monoisotopic (exact) mass is 594 g/mol. The highest BCUT2D eigenvalue weighted by Gasteiger charge is 2.48. The molecule has 1 aliphatic rings. The molecule has 0 aliphatic carbocycles. The van der Waals surface area contributed by atoms with Crippen LogP contribution in [0.3, 0.4) is 0 Å². The van der Waals surface area contributed by atoms with Crippen molar-refractivity contribution in [3.8, 4) is 0 Å². The zero-order chi connectivity index (χ0) is 30.2. The first-order valence-electron chi connectivity index (χ1n) is 15.5. The molecule has 4 aromatic carbocycles. The summed E-state index contributed by atoms with van der Waals surface area (Å²) in [7, 11) is 0. The van der Waals surface area contributed by atoms with Crippen LogP contribution in [0.5, 0.6) is 0 Å². The third kappa shape index (κ3) is 9.68. The second-order valence-corrected chi connectivity index (χ2v) is 11.1. The van der Waals surface area contributed by atoms with E-state index in [9.17, 15) is 4.79 Å². The molecular formula is C38H42O6. The molecule has 0 radical (unpaired) electrons. The Kier molecular flexibility index (Phi) is 12.7. The molecule has 5 atom stereocenters. The van der Waals surface area contributed by atoms with Crippen LogP contribution < -0.4 is 0 Å². The van der Waals surface area contributed by atoms with Crippen LogP contribution in [0.25, 0.3) is 0 Å². The average Bonchev–Trinajstić information content (AvgIpc) is 3.08. The van der Waals surface area contributed by atoms with Crippen molar-refractivity contribution in [2.24, 2.45) is 0 Å². The van der Waals surface area contributed by atoms with Gasteiger partial charge >= 0.3 is 0 Å². The summed E-state index contributed by atoms with van der Waals surface area (Å²) in [6.07, 6.45) is 0.740. The normalized spacial score (nSPS) is 21.6. The zero-order valence-electron chi connectivity index (χ0n) is 25.1. The molecule has 0 amide bonds. The van der Waals surface area contributed by atoms with Gasteiger partial charge in [0.2, 0.25) is 0 Å². The van der Waals surface area contributed by atoms with Crippen LogP contribution in [0.2, 0.25) is 0 Å². The van der Waals surface area contributed by atoms with Gasteiger partial charge in [-0.1, -0.05) is 121 Å². The van der Waals surface area contributed by atoms with Gasteiger partial charge in [-0.25, -0.2) is 0 Å². The molecule has 6 nitrogen and oxygen atoms in total. The summed E-state index contributed by atoms with van der Waals surface area (Å²) in [6.45, 7) is 2.00. The number of aldehydes is 1. The van der Waals surface area contributed by atoms with E-state index in [-0.39, 0.29) is 6.10 Å². The molecule has 230 valence electrons. The summed E-state index contributed by atoms with van der Waals surface area (Å²) in [5, 5.41) is 0. The van der Waals surface area contributed by atoms with Crippen LogP contribution in [0.1, 0.15) is 41.5 Å². The Morgan fingerprint density at radius 1 is 0.523 bits per heavy atom. The molecule has 1 fully saturated rings. The highest BCUT2D eigenvalue weighted by molar-refractivity contribution is 5.48. The van der Waals surface area contributed by atoms with Gasteiger partial charge < -0.3 is 28.5 Å². The fourth-order valence-corrected chi connectivity index (χ4v) is 5.52. The molecule has 44 heavy (non-hydrogen) atoms. The standard InChI is InChI=1S/C38H42O6/c39-24-14-13-23-34-36(41-26-31-17-7-2-8-18-31)38(43-28-33-21-11-4-12-22-33)37(42-27-32-19-9-3-10-20-32)35(44-34)29-40-25-30-15-5-1-6-16-30/h1-12,15-22,24,34-38H,13-14,23,25-29H2/t34-,35+,36-,37+,38+/m0/s1. The first-order valence-corrected chi connectivity index (χ1v) is 15.5. The minimum Gasteiger partial charge on any atom is -0.374 e. The number of hydrogen-bond donors (Lipinski definition) is 0. The molecule has 1 aliphatic heterocycles. The van der Waals surface area contributed by atoms with Gasteiger partial charge in [-0.3, -0.25) is 0 Å². The third-order valence-electron chi connectivity index (χ3n) is 7.79. The summed E-state index contributed by atoms with van der Waals surface area (Å²) >= 11 is 0. The summed E-state index contributed by atoms with van der Waals surface area (Å²) in [5.74, 6) is 0. The quantitative estimate of drug-likeness (QED) is 0.0960. The highest BCUT2D eigenvalue weighted by Crippen LogP contribution is 2.33. The largest absolute Gasteiger partial charge is 0.374 e. The number of hydrogen-bond acceptors (Lipinski definition) is 6. The first kappa shape index (κ1) is 31.8. The molecule has 0 unspecified atom stereocenters. The van der Waals surface area contributed by atoms with E-state index in [1.807, 2.05) is 84.9 Å². The SMILES string of the molecule is O=CCCC[C@@H]1O[C@H](COCc2ccccc2)[C@@H](OCc2ccccc2)[C@H](OCc2ccccc2)[C@H]1OCc1ccccc1. The van der Waals surface area contributed by atoms with Crippen LogP contribution in [0, 0.1) is 0 Å². The van der Waals surface area contributed by atoms with Crippen molar-refractivity contribution < 1.29 is 28.5 Å². The molecule has 0 aromatic heterocycles. The second-order valence-electron chi connectivity index (χ2n) is 11.1. The van der Waals surface area contributed by atoms with Gasteiger partial charge in [0, 0.05) is 6.42 Å². The minimum atomic E-state index is -0.460. The Balaban J connectivity index is 1.42. The molecule has 0 spiro atoms. The van der Waals surface area contributed by atoms with Crippen molar-refractivity contribution in [1.29, 1.82) is 0 Å². The van der Waals surface area contributed by atoms with Gasteiger partial charge in [0.05, 0.1) is 39.1 Å². The van der Waals surface area contributed by atoms with Gasteiger partial charge in [-0.15, -0.1) is 0 Å². The van der Waals surface area contributed by atoms with E-state index in [1.54, 1.807) is 0 Å². The van der Waals surface area contributed by atoms with Gasteiger partial charge in [0.15, 0.2) is 0 Å². The number of carbonyl (C=O) groups is 1. The number of carbonyl (C=O) groups excluding carboxylic acids is 1. The van der Waals surface area contributed by atoms with E-state index in [2.05, 4.69) is 36.4 Å². The Labute approximate surface area is 260 Å². The van der Waals surface area contributed by atoms with Gasteiger partial charge in [-0.2, -0.15) is 0 Å². The lowest BCUT2D eigenvalue weighted by atomic mass is 9.91. The van der Waals surface area contributed by atoms with E-state index < -0.39 is 24.4 Å². The van der Waals surface area contributed by atoms with E-state index in [4.69, 9.17) is 23.7 Å². The zero-order valence-corrected chi connectivity index (χ0v) is 25.1. The number of rotatable bonds is 17. The summed E-state index contributed by atoms with van der Waals surface area (Å²) < 4.78 is 33.1. The maximum absolute atomic E-state index is 11.2. The predicted octanol–water partition coefficient (Wildman–Crippen LogP) is 7.10. The lowest BCUT2D eigenvalue weighted by Crippen LogP contribution is -2.61. The maximum atomic E-state index is 11.2. The summed E-state index contributed by atoms with van der Waals surface area (Å²) in [4.78, 5) is 11.2. The fraction of sp³-hybridized carbons (Fsp3) is 0.342. The van der Waals surface area contributed by atoms with Crippen molar-refractivity contribution in [3.63, 3.8) is 0 Å². The van der Waals surface area contributed by atoms with Crippen molar-refractivity contribution in [2.75, 3.05) is 6.61 Å². The Hall–Kier alpha value is -3.65. The Bertz CT molecular complexity index is 1340. The predicted molar refractivity (Wildman–Crippen MR) is 170 cm³/mol. The summed E-state index contributed by atoms with van der Waals surface area (Å²) in [5.41, 5.74) is 4.29. The Morgan fingerprint density at radius 2 is 0.932 bits per heavy atom. The molecule has 6 heteroatoms. The molecule has 1 heterocycles. The molecule has 0 N–H and O–H groups in total. The molecule has 5 rings (SSSR count). The Morgan fingerprint density at radius 3 is 1.39 bits per heavy atom. The highest BCUT2D eigenvalue weighted by atomic mass is 16.6. The van der Waals surface area contributed by atoms with Gasteiger partial charge in [0.1, 0.15) is 30.7 Å². The molecule has 0 saturated carbocycles. The van der Waals surface area contributed by atoms with Crippen LogP contribution in [-0.2, 0) is 54.9 Å². The molecular weight excluding hydrogens is 552 g/mol. The van der Waals surface area contributed by atoms with E-state index >= 15 is 0 Å².